The van der Waals surface area contributed by atoms with E-state index in [0.717, 1.165) is 42.6 Å². The fourth-order valence-corrected chi connectivity index (χ4v) is 5.99. The number of hydrogen-bond donors (Lipinski definition) is 0. The third kappa shape index (κ3) is 4.22. The van der Waals surface area contributed by atoms with Crippen molar-refractivity contribution in [1.82, 2.24) is 18.5 Å². The van der Waals surface area contributed by atoms with Gasteiger partial charge in [-0.05, 0) is 17.0 Å². The Hall–Kier alpha value is -4.21. The number of hydrogen-bond acceptors (Lipinski definition) is 2. The molecule has 0 N–H and O–H groups in total. The summed E-state index contributed by atoms with van der Waals surface area (Å²) in [6.07, 6.45) is 6.05. The van der Waals surface area contributed by atoms with E-state index in [-0.39, 0.29) is 5.41 Å². The van der Waals surface area contributed by atoms with Crippen LogP contribution in [0.2, 0.25) is 0 Å². The minimum atomic E-state index is 0.0111. The number of pyridine rings is 2. The van der Waals surface area contributed by atoms with Gasteiger partial charge in [-0.25, -0.2) is 0 Å². The Labute approximate surface area is 243 Å². The van der Waals surface area contributed by atoms with E-state index in [4.69, 9.17) is 9.72 Å². The van der Waals surface area contributed by atoms with E-state index in [1.807, 2.05) is 42.6 Å². The van der Waals surface area contributed by atoms with Crippen molar-refractivity contribution in [2.45, 2.75) is 26.2 Å². The van der Waals surface area contributed by atoms with E-state index in [0.29, 0.717) is 11.5 Å². The third-order valence-electron chi connectivity index (χ3n) is 7.15. The van der Waals surface area contributed by atoms with Crippen molar-refractivity contribution >= 4 is 27.3 Å². The molecule has 7 aromatic rings. The molecule has 0 bridgehead atoms. The molecular weight excluding hydrogens is 675 g/mol. The molecular formula is C34H26N4OPt-2. The summed E-state index contributed by atoms with van der Waals surface area (Å²) in [6, 6.07) is 35.9. The fourth-order valence-electron chi connectivity index (χ4n) is 5.11. The number of fused-ring (bicyclic) bond motifs is 4. The number of ether oxygens (including phenoxy) is 1. The molecule has 0 aliphatic heterocycles. The first-order valence-electron chi connectivity index (χ1n) is 13.1. The summed E-state index contributed by atoms with van der Waals surface area (Å²) in [7, 11) is 0. The maximum absolute atomic E-state index is 6.36. The Kier molecular flexibility index (Phi) is 5.87. The molecule has 0 radical (unpaired) electrons. The standard InChI is InChI=1S/C34H26N4O.Pt/c1-34(2,3)24-16-17-35-33(19-24)38-31-13-5-4-12-29(31)30-15-14-28(21-32(30)38)39-27-11-8-10-25(20-27)37-22-26-9-6-7-18-36(26)23-37;/h4-19,22H,1-3H3;/q-2;. The van der Waals surface area contributed by atoms with Gasteiger partial charge in [-0.15, -0.1) is 0 Å². The van der Waals surface area contributed by atoms with Gasteiger partial charge in [-0.3, -0.25) is 0 Å². The van der Waals surface area contributed by atoms with E-state index in [9.17, 15) is 0 Å². The zero-order chi connectivity index (χ0) is 27.4. The quantitative estimate of drug-likeness (QED) is 0.175. The topological polar surface area (TPSA) is 36.4 Å². The molecule has 0 saturated carbocycles. The van der Waals surface area contributed by atoms with Crippen LogP contribution in [0.15, 0.2) is 104 Å². The number of benzene rings is 3. The molecule has 0 unspecified atom stereocenters. The van der Waals surface area contributed by atoms with Gasteiger partial charge in [0.1, 0.15) is 0 Å². The molecule has 0 aliphatic carbocycles. The van der Waals surface area contributed by atoms with Crippen LogP contribution in [0.3, 0.4) is 0 Å². The second kappa shape index (κ2) is 9.46. The zero-order valence-corrected chi connectivity index (χ0v) is 24.6. The molecule has 0 spiro atoms. The summed E-state index contributed by atoms with van der Waals surface area (Å²) in [5.74, 6) is 2.12. The molecule has 6 heteroatoms. The first-order chi connectivity index (χ1) is 19.4. The van der Waals surface area contributed by atoms with Gasteiger partial charge in [0.15, 0.2) is 0 Å². The van der Waals surface area contributed by atoms with Crippen LogP contribution in [0.25, 0.3) is 38.8 Å². The number of imidazole rings is 1. The SMILES string of the molecule is CC(C)(C)c1ccnc(-n2c3[c-]c(Oc4[c-]c(-n5cc6ccccn6[c]5=[Pt])ccc4)ccc3c3ccccc32)c1. The van der Waals surface area contributed by atoms with Crippen LogP contribution in [-0.2, 0) is 24.8 Å². The Morgan fingerprint density at radius 1 is 0.825 bits per heavy atom. The van der Waals surface area contributed by atoms with Gasteiger partial charge in [0.25, 0.3) is 0 Å². The van der Waals surface area contributed by atoms with E-state index in [1.165, 1.54) is 5.56 Å². The molecule has 5 nitrogen and oxygen atoms in total. The van der Waals surface area contributed by atoms with Crippen LogP contribution in [0.5, 0.6) is 11.5 Å². The molecule has 0 fully saturated rings. The van der Waals surface area contributed by atoms with Crippen LogP contribution in [-0.4, -0.2) is 18.5 Å². The molecule has 3 aromatic carbocycles. The molecule has 0 amide bonds. The Morgan fingerprint density at radius 3 is 2.50 bits per heavy atom. The number of rotatable bonds is 4. The van der Waals surface area contributed by atoms with Gasteiger partial charge >= 0.3 is 188 Å². The zero-order valence-electron chi connectivity index (χ0n) is 22.3. The summed E-state index contributed by atoms with van der Waals surface area (Å²) in [5.41, 5.74) is 5.28. The third-order valence-corrected chi connectivity index (χ3v) is 8.25. The molecule has 7 rings (SSSR count). The summed E-state index contributed by atoms with van der Waals surface area (Å²) < 4.78 is 13.9. The van der Waals surface area contributed by atoms with Crippen LogP contribution >= 0.6 is 0 Å². The molecule has 4 heterocycles. The van der Waals surface area contributed by atoms with Crippen molar-refractivity contribution < 1.29 is 24.1 Å². The number of para-hydroxylation sites is 1. The minimum absolute atomic E-state index is 0.0111. The van der Waals surface area contributed by atoms with Gasteiger partial charge in [0, 0.05) is 6.20 Å². The molecule has 0 atom stereocenters. The molecule has 40 heavy (non-hydrogen) atoms. The van der Waals surface area contributed by atoms with Crippen molar-refractivity contribution in [3.63, 3.8) is 0 Å². The van der Waals surface area contributed by atoms with Crippen LogP contribution < -0.4 is 4.74 Å². The Balaban J connectivity index is 1.33. The Morgan fingerprint density at radius 2 is 1.65 bits per heavy atom. The molecule has 4 aromatic heterocycles. The molecule has 0 saturated heterocycles. The van der Waals surface area contributed by atoms with Gasteiger partial charge in [0.2, 0.25) is 0 Å². The van der Waals surface area contributed by atoms with Gasteiger partial charge in [-0.1, -0.05) is 32.9 Å². The predicted octanol–water partition coefficient (Wildman–Crippen LogP) is 7.99. The maximum atomic E-state index is 6.36. The number of aromatic nitrogens is 4. The predicted molar refractivity (Wildman–Crippen MR) is 155 cm³/mol. The average molecular weight is 702 g/mol. The first-order valence-corrected chi connectivity index (χ1v) is 14.3. The van der Waals surface area contributed by atoms with Crippen LogP contribution in [0.1, 0.15) is 26.3 Å². The normalized spacial score (nSPS) is 12.0. The second-order valence-electron chi connectivity index (χ2n) is 10.8. The second-order valence-corrected chi connectivity index (χ2v) is 11.8. The van der Waals surface area contributed by atoms with E-state index < -0.39 is 0 Å². The van der Waals surface area contributed by atoms with Crippen LogP contribution in [0, 0.1) is 15.9 Å². The monoisotopic (exact) mass is 701 g/mol. The van der Waals surface area contributed by atoms with E-state index in [2.05, 4.69) is 127 Å². The molecule has 0 aliphatic rings. The van der Waals surface area contributed by atoms with Crippen molar-refractivity contribution in [3.8, 4) is 23.0 Å². The van der Waals surface area contributed by atoms with Gasteiger partial charge < -0.3 is 0 Å². The molecule has 200 valence electrons. The fraction of sp³-hybridized carbons (Fsp3) is 0.118. The van der Waals surface area contributed by atoms with Crippen LogP contribution in [0.4, 0.5) is 0 Å². The van der Waals surface area contributed by atoms with E-state index in [1.54, 1.807) is 0 Å². The Bertz CT molecular complexity index is 2110. The summed E-state index contributed by atoms with van der Waals surface area (Å²) in [6.45, 7) is 6.66. The van der Waals surface area contributed by atoms with Gasteiger partial charge in [0.05, 0.1) is 0 Å². The summed E-state index contributed by atoms with van der Waals surface area (Å²) in [4.78, 5) is 4.77. The first kappa shape index (κ1) is 24.8. The average Bonchev–Trinajstić information content (AvgIpc) is 3.47. The summed E-state index contributed by atoms with van der Waals surface area (Å²) >= 11 is 2.34. The van der Waals surface area contributed by atoms with Crippen molar-refractivity contribution in [1.29, 1.82) is 0 Å². The van der Waals surface area contributed by atoms with E-state index >= 15 is 0 Å². The van der Waals surface area contributed by atoms with Gasteiger partial charge in [-0.2, -0.15) is 0 Å². The van der Waals surface area contributed by atoms with Crippen molar-refractivity contribution in [2.75, 3.05) is 0 Å². The van der Waals surface area contributed by atoms with Crippen molar-refractivity contribution in [2.24, 2.45) is 0 Å². The number of nitrogens with zero attached hydrogens (tertiary/aromatic N) is 4. The summed E-state index contributed by atoms with van der Waals surface area (Å²) in [5, 5.41) is 2.26. The van der Waals surface area contributed by atoms with Crippen molar-refractivity contribution in [3.05, 3.63) is 125 Å².